The van der Waals surface area contributed by atoms with Crippen molar-refractivity contribution in [2.45, 2.75) is 43.6 Å². The van der Waals surface area contributed by atoms with Gasteiger partial charge in [0, 0.05) is 19.0 Å². The molecule has 4 N–H and O–H groups in total. The molecular formula is C14H17F2N3O7. The summed E-state index contributed by atoms with van der Waals surface area (Å²) in [6, 6.07) is 1.11. The van der Waals surface area contributed by atoms with Gasteiger partial charge in [0.05, 0.1) is 6.61 Å². The van der Waals surface area contributed by atoms with Crippen molar-refractivity contribution in [2.75, 3.05) is 12.3 Å². The Morgan fingerprint density at radius 3 is 2.69 bits per heavy atom. The van der Waals surface area contributed by atoms with E-state index in [0.717, 1.165) is 12.3 Å². The highest BCUT2D eigenvalue weighted by atomic mass is 19.3. The molecule has 0 aliphatic carbocycles. The van der Waals surface area contributed by atoms with Crippen LogP contribution in [0.15, 0.2) is 17.1 Å². The van der Waals surface area contributed by atoms with Crippen LogP contribution in [0.3, 0.4) is 0 Å². The number of carboxylic acid groups (broad SMARTS) is 1. The van der Waals surface area contributed by atoms with Crippen LogP contribution in [0.25, 0.3) is 0 Å². The normalized spacial score (nSPS) is 24.3. The van der Waals surface area contributed by atoms with Crippen molar-refractivity contribution in [3.8, 4) is 0 Å². The van der Waals surface area contributed by atoms with Gasteiger partial charge in [-0.25, -0.2) is 4.79 Å². The third kappa shape index (κ3) is 4.14. The van der Waals surface area contributed by atoms with Crippen LogP contribution in [0.4, 0.5) is 14.6 Å². The fourth-order valence-electron chi connectivity index (χ4n) is 2.45. The van der Waals surface area contributed by atoms with Crippen molar-refractivity contribution in [3.05, 3.63) is 22.7 Å². The first-order chi connectivity index (χ1) is 12.2. The third-order valence-electron chi connectivity index (χ3n) is 3.66. The van der Waals surface area contributed by atoms with Crippen molar-refractivity contribution < 1.29 is 38.1 Å². The number of carbonyl (C=O) groups is 2. The van der Waals surface area contributed by atoms with Gasteiger partial charge in [0.15, 0.2) is 6.10 Å². The Hall–Kier alpha value is -2.60. The minimum atomic E-state index is -3.85. The van der Waals surface area contributed by atoms with Gasteiger partial charge in [0.2, 0.25) is 6.23 Å². The van der Waals surface area contributed by atoms with Gasteiger partial charge in [0.1, 0.15) is 11.9 Å². The summed E-state index contributed by atoms with van der Waals surface area (Å²) in [5.41, 5.74) is 4.21. The lowest BCUT2D eigenvalue weighted by Crippen LogP contribution is -2.44. The molecule has 1 aliphatic rings. The average molecular weight is 377 g/mol. The lowest BCUT2D eigenvalue weighted by atomic mass is 10.1. The summed E-state index contributed by atoms with van der Waals surface area (Å²) in [4.78, 5) is 37.2. The smallest absolute Gasteiger partial charge is 0.351 e. The Morgan fingerprint density at radius 1 is 1.42 bits per heavy atom. The van der Waals surface area contributed by atoms with Crippen molar-refractivity contribution >= 4 is 17.8 Å². The highest BCUT2D eigenvalue weighted by Crippen LogP contribution is 2.43. The van der Waals surface area contributed by atoms with E-state index in [1.165, 1.54) is 0 Å². The van der Waals surface area contributed by atoms with Gasteiger partial charge in [-0.1, -0.05) is 0 Å². The number of carboxylic acids is 1. The van der Waals surface area contributed by atoms with Crippen LogP contribution in [0.1, 0.15) is 25.5 Å². The summed E-state index contributed by atoms with van der Waals surface area (Å²) in [5, 5.41) is 17.8. The summed E-state index contributed by atoms with van der Waals surface area (Å²) < 4.78 is 39.5. The van der Waals surface area contributed by atoms with Gasteiger partial charge < -0.3 is 25.4 Å². The van der Waals surface area contributed by atoms with E-state index in [9.17, 15) is 28.3 Å². The molecule has 0 amide bonds. The number of hydrogen-bond acceptors (Lipinski definition) is 8. The van der Waals surface area contributed by atoms with E-state index in [1.807, 2.05) is 0 Å². The maximum atomic E-state index is 14.7. The van der Waals surface area contributed by atoms with Gasteiger partial charge in [0.25, 0.3) is 0 Å². The van der Waals surface area contributed by atoms with Crippen molar-refractivity contribution in [2.24, 2.45) is 0 Å². The first-order valence-electron chi connectivity index (χ1n) is 7.57. The first kappa shape index (κ1) is 19.7. The Morgan fingerprint density at radius 2 is 2.12 bits per heavy atom. The predicted octanol–water partition coefficient (Wildman–Crippen LogP) is -0.483. The Labute approximate surface area is 145 Å². The number of aliphatic carboxylic acids is 1. The number of aliphatic hydroxyl groups excluding tert-OH is 1. The molecule has 1 fully saturated rings. The van der Waals surface area contributed by atoms with Crippen LogP contribution in [-0.4, -0.2) is 56.4 Å². The molecule has 144 valence electrons. The van der Waals surface area contributed by atoms with E-state index in [1.54, 1.807) is 0 Å². The molecule has 0 unspecified atom stereocenters. The van der Waals surface area contributed by atoms with E-state index in [-0.39, 0.29) is 18.7 Å². The number of aliphatic hydroxyl groups is 1. The molecule has 12 heteroatoms. The number of hydrogen-bond donors (Lipinski definition) is 3. The SMILES string of the molecule is Nc1ccn([C@@H]2O[C@H](CO)[C@@H](OC(=O)CCCC(=O)O)C2(F)F)c(=O)n1. The molecule has 2 rings (SSSR count). The lowest BCUT2D eigenvalue weighted by molar-refractivity contribution is -0.176. The number of nitrogen functional groups attached to an aromatic ring is 1. The Balaban J connectivity index is 2.17. The summed E-state index contributed by atoms with van der Waals surface area (Å²) in [6.07, 6.45) is -5.76. The van der Waals surface area contributed by atoms with E-state index in [2.05, 4.69) is 4.98 Å². The summed E-state index contributed by atoms with van der Waals surface area (Å²) >= 11 is 0. The van der Waals surface area contributed by atoms with Gasteiger partial charge in [-0.15, -0.1) is 0 Å². The molecule has 0 radical (unpaired) electrons. The maximum absolute atomic E-state index is 14.7. The second-order valence-corrected chi connectivity index (χ2v) is 5.58. The second-order valence-electron chi connectivity index (χ2n) is 5.58. The molecule has 1 aromatic rings. The highest BCUT2D eigenvalue weighted by molar-refractivity contribution is 5.71. The van der Waals surface area contributed by atoms with Crippen molar-refractivity contribution in [1.29, 1.82) is 0 Å². The fraction of sp³-hybridized carbons (Fsp3) is 0.571. The standard InChI is InChI=1S/C14H17F2N3O7/c15-14(16)11(26-10(23)3-1-2-9(21)22)7(6-20)25-12(14)19-5-4-8(17)18-13(19)24/h4-5,7,11-12,20H,1-3,6H2,(H,21,22)(H2,17,18,24)/t7-,11-,12-/m1/s1. The number of alkyl halides is 2. The van der Waals surface area contributed by atoms with Crippen LogP contribution in [0.5, 0.6) is 0 Å². The van der Waals surface area contributed by atoms with Gasteiger partial charge in [-0.2, -0.15) is 13.8 Å². The van der Waals surface area contributed by atoms with E-state index < -0.39 is 55.0 Å². The number of carbonyl (C=O) groups excluding carboxylic acids is 1. The maximum Gasteiger partial charge on any atom is 0.351 e. The Kier molecular flexibility index (Phi) is 5.87. The van der Waals surface area contributed by atoms with Gasteiger partial charge >= 0.3 is 23.6 Å². The molecule has 10 nitrogen and oxygen atoms in total. The minimum Gasteiger partial charge on any atom is -0.481 e. The van der Waals surface area contributed by atoms with E-state index >= 15 is 0 Å². The Bertz CT molecular complexity index is 739. The predicted molar refractivity (Wildman–Crippen MR) is 80.2 cm³/mol. The van der Waals surface area contributed by atoms with Crippen LogP contribution >= 0.6 is 0 Å². The zero-order valence-electron chi connectivity index (χ0n) is 13.4. The van der Waals surface area contributed by atoms with Gasteiger partial charge in [-0.3, -0.25) is 14.2 Å². The molecule has 0 bridgehead atoms. The number of rotatable bonds is 7. The van der Waals surface area contributed by atoms with Gasteiger partial charge in [-0.05, 0) is 12.5 Å². The van der Waals surface area contributed by atoms with Crippen LogP contribution in [0.2, 0.25) is 0 Å². The van der Waals surface area contributed by atoms with E-state index in [0.29, 0.717) is 4.57 Å². The second kappa shape index (κ2) is 7.74. The molecule has 1 saturated heterocycles. The molecular weight excluding hydrogens is 360 g/mol. The fourth-order valence-corrected chi connectivity index (χ4v) is 2.45. The van der Waals surface area contributed by atoms with Crippen molar-refractivity contribution in [3.63, 3.8) is 0 Å². The monoisotopic (exact) mass is 377 g/mol. The average Bonchev–Trinajstić information content (AvgIpc) is 2.78. The lowest BCUT2D eigenvalue weighted by Gasteiger charge is -2.24. The summed E-state index contributed by atoms with van der Waals surface area (Å²) in [6.45, 7) is -0.893. The van der Waals surface area contributed by atoms with Crippen LogP contribution < -0.4 is 11.4 Å². The number of anilines is 1. The zero-order chi connectivity index (χ0) is 19.5. The molecule has 26 heavy (non-hydrogen) atoms. The van der Waals surface area contributed by atoms with Crippen LogP contribution in [-0.2, 0) is 19.1 Å². The van der Waals surface area contributed by atoms with Crippen molar-refractivity contribution in [1.82, 2.24) is 9.55 Å². The molecule has 3 atom stereocenters. The van der Waals surface area contributed by atoms with E-state index in [4.69, 9.17) is 20.3 Å². The molecule has 2 heterocycles. The molecule has 0 saturated carbocycles. The summed E-state index contributed by atoms with van der Waals surface area (Å²) in [7, 11) is 0. The molecule has 1 aromatic heterocycles. The zero-order valence-corrected chi connectivity index (χ0v) is 13.4. The quantitative estimate of drug-likeness (QED) is 0.534. The highest BCUT2D eigenvalue weighted by Gasteiger charge is 2.62. The molecule has 0 aromatic carbocycles. The van der Waals surface area contributed by atoms with Crippen LogP contribution in [0, 0.1) is 0 Å². The minimum absolute atomic E-state index is 0.0954. The number of aromatic nitrogens is 2. The number of nitrogens with two attached hydrogens (primary N) is 1. The topological polar surface area (TPSA) is 154 Å². The number of ether oxygens (including phenoxy) is 2. The third-order valence-corrected chi connectivity index (χ3v) is 3.66. The summed E-state index contributed by atoms with van der Waals surface area (Å²) in [5.74, 6) is -6.23. The molecule has 1 aliphatic heterocycles. The number of halogens is 2. The first-order valence-corrected chi connectivity index (χ1v) is 7.57. The largest absolute Gasteiger partial charge is 0.481 e. The molecule has 0 spiro atoms. The number of esters is 1. The number of nitrogens with zero attached hydrogens (tertiary/aromatic N) is 2.